The summed E-state index contributed by atoms with van der Waals surface area (Å²) >= 11 is 0. The van der Waals surface area contributed by atoms with Crippen molar-refractivity contribution >= 4 is 10.8 Å². The van der Waals surface area contributed by atoms with Crippen LogP contribution in [0.2, 0.25) is 0 Å². The van der Waals surface area contributed by atoms with Crippen molar-refractivity contribution in [2.75, 3.05) is 5.75 Å². The monoisotopic (exact) mass is 308 g/mol. The Balaban J connectivity index is 1.71. The fourth-order valence-corrected chi connectivity index (χ4v) is 4.16. The third kappa shape index (κ3) is 5.23. The van der Waals surface area contributed by atoms with E-state index in [1.165, 1.54) is 37.7 Å². The van der Waals surface area contributed by atoms with Crippen LogP contribution >= 0.6 is 0 Å². The molecule has 1 saturated carbocycles. The summed E-state index contributed by atoms with van der Waals surface area (Å²) in [5, 5.41) is 10.3. The Morgan fingerprint density at radius 2 is 1.95 bits per heavy atom. The lowest BCUT2D eigenvalue weighted by Gasteiger charge is -2.10. The molecule has 2 rings (SSSR count). The quantitative estimate of drug-likeness (QED) is 0.698. The van der Waals surface area contributed by atoms with Gasteiger partial charge in [0.25, 0.3) is 0 Å². The molecule has 0 saturated heterocycles. The Morgan fingerprint density at radius 1 is 1.24 bits per heavy atom. The van der Waals surface area contributed by atoms with Crippen molar-refractivity contribution in [3.63, 3.8) is 0 Å². The van der Waals surface area contributed by atoms with E-state index in [0.29, 0.717) is 17.6 Å². The molecular formula is C18H28O2S. The van der Waals surface area contributed by atoms with Gasteiger partial charge in [-0.2, -0.15) is 0 Å². The van der Waals surface area contributed by atoms with Gasteiger partial charge in [-0.3, -0.25) is 4.21 Å². The number of aliphatic hydroxyl groups excluding tert-OH is 1. The molecule has 1 aliphatic rings. The minimum absolute atomic E-state index is 0.388. The number of hydrogen-bond acceptors (Lipinski definition) is 2. The molecule has 2 nitrogen and oxygen atoms in total. The first-order valence-corrected chi connectivity index (χ1v) is 9.56. The van der Waals surface area contributed by atoms with Crippen LogP contribution in [0.1, 0.15) is 51.0 Å². The van der Waals surface area contributed by atoms with E-state index < -0.39 is 16.9 Å². The number of rotatable bonds is 9. The highest BCUT2D eigenvalue weighted by Gasteiger charge is 2.41. The lowest BCUT2D eigenvalue weighted by Crippen LogP contribution is -2.20. The summed E-state index contributed by atoms with van der Waals surface area (Å²) in [4.78, 5) is 0.833. The lowest BCUT2D eigenvalue weighted by molar-refractivity contribution is 0.167. The van der Waals surface area contributed by atoms with E-state index in [2.05, 4.69) is 6.92 Å². The molecule has 1 aromatic carbocycles. The van der Waals surface area contributed by atoms with Crippen molar-refractivity contribution in [1.82, 2.24) is 0 Å². The molecule has 1 N–H and O–H groups in total. The van der Waals surface area contributed by atoms with E-state index in [1.54, 1.807) is 0 Å². The number of aliphatic hydroxyl groups is 1. The molecule has 1 unspecified atom stereocenters. The summed E-state index contributed by atoms with van der Waals surface area (Å²) in [5.74, 6) is 1.45. The topological polar surface area (TPSA) is 37.3 Å². The Kier molecular flexibility index (Phi) is 6.43. The second kappa shape index (κ2) is 8.09. The van der Waals surface area contributed by atoms with Gasteiger partial charge in [0, 0.05) is 4.90 Å². The maximum atomic E-state index is 12.3. The highest BCUT2D eigenvalue weighted by atomic mass is 32.2. The third-order valence-electron chi connectivity index (χ3n) is 4.51. The molecule has 1 aliphatic carbocycles. The Hall–Kier alpha value is -0.670. The zero-order chi connectivity index (χ0) is 15.2. The largest absolute Gasteiger partial charge is 0.392 e. The summed E-state index contributed by atoms with van der Waals surface area (Å²) in [6.45, 7) is 4.25. The molecule has 0 radical (unpaired) electrons. The standard InChI is InChI=1S/C18H28O2S/c1-3-4-5-6-7-15-12-17(15)18(19)13-21(20)16-10-8-14(2)9-11-16/h8-11,15,17-19H,3-7,12-13H2,1-2H3/t15-,17+,18+,21?/m1/s1. The second-order valence-corrected chi connectivity index (χ2v) is 7.90. The summed E-state index contributed by atoms with van der Waals surface area (Å²) in [6, 6.07) is 7.78. The SMILES string of the molecule is CCCCCC[C@@H]1C[C@@H]1[C@@H](O)CS(=O)c1ccc(C)cc1. The number of unbranched alkanes of at least 4 members (excludes halogenated alkanes) is 3. The van der Waals surface area contributed by atoms with Crippen LogP contribution in [0, 0.1) is 18.8 Å². The number of hydrogen-bond donors (Lipinski definition) is 1. The van der Waals surface area contributed by atoms with Gasteiger partial charge < -0.3 is 5.11 Å². The molecule has 3 heteroatoms. The second-order valence-electron chi connectivity index (χ2n) is 6.40. The van der Waals surface area contributed by atoms with Crippen LogP contribution in [0.15, 0.2) is 29.2 Å². The Morgan fingerprint density at radius 3 is 2.62 bits per heavy atom. The predicted octanol–water partition coefficient (Wildman–Crippen LogP) is 4.07. The van der Waals surface area contributed by atoms with Gasteiger partial charge >= 0.3 is 0 Å². The Labute approximate surface area is 131 Å². The van der Waals surface area contributed by atoms with E-state index in [-0.39, 0.29) is 0 Å². The van der Waals surface area contributed by atoms with Crippen molar-refractivity contribution in [1.29, 1.82) is 0 Å². The average molecular weight is 308 g/mol. The first kappa shape index (κ1) is 16.7. The smallest absolute Gasteiger partial charge is 0.0689 e. The van der Waals surface area contributed by atoms with Gasteiger partial charge in [0.05, 0.1) is 22.7 Å². The van der Waals surface area contributed by atoms with E-state index in [4.69, 9.17) is 0 Å². The summed E-state index contributed by atoms with van der Waals surface area (Å²) in [5.41, 5.74) is 1.17. The molecule has 0 aromatic heterocycles. The fourth-order valence-electron chi connectivity index (χ4n) is 2.97. The minimum atomic E-state index is -1.08. The third-order valence-corrected chi connectivity index (χ3v) is 5.95. The van der Waals surface area contributed by atoms with E-state index in [1.807, 2.05) is 31.2 Å². The van der Waals surface area contributed by atoms with Crippen molar-refractivity contribution in [2.24, 2.45) is 11.8 Å². The van der Waals surface area contributed by atoms with Gasteiger partial charge in [0.15, 0.2) is 0 Å². The molecule has 0 amide bonds. The highest BCUT2D eigenvalue weighted by Crippen LogP contribution is 2.45. The van der Waals surface area contributed by atoms with E-state index in [9.17, 15) is 9.32 Å². The van der Waals surface area contributed by atoms with Crippen molar-refractivity contribution < 1.29 is 9.32 Å². The highest BCUT2D eigenvalue weighted by molar-refractivity contribution is 7.85. The van der Waals surface area contributed by atoms with Gasteiger partial charge in [-0.1, -0.05) is 56.7 Å². The number of benzene rings is 1. The maximum absolute atomic E-state index is 12.3. The summed E-state index contributed by atoms with van der Waals surface area (Å²) < 4.78 is 12.3. The lowest BCUT2D eigenvalue weighted by atomic mass is 10.1. The van der Waals surface area contributed by atoms with Crippen LogP contribution in [0.25, 0.3) is 0 Å². The fraction of sp³-hybridized carbons (Fsp3) is 0.667. The summed E-state index contributed by atoms with van der Waals surface area (Å²) in [6.07, 6.45) is 7.14. The van der Waals surface area contributed by atoms with Crippen LogP contribution in [0.3, 0.4) is 0 Å². The van der Waals surface area contributed by atoms with Gasteiger partial charge in [0.1, 0.15) is 0 Å². The van der Waals surface area contributed by atoms with Gasteiger partial charge in [-0.25, -0.2) is 0 Å². The van der Waals surface area contributed by atoms with Gasteiger partial charge in [-0.15, -0.1) is 0 Å². The predicted molar refractivity (Wildman–Crippen MR) is 88.8 cm³/mol. The van der Waals surface area contributed by atoms with Crippen LogP contribution in [-0.2, 0) is 10.8 Å². The molecule has 0 spiro atoms. The van der Waals surface area contributed by atoms with E-state index in [0.717, 1.165) is 11.3 Å². The van der Waals surface area contributed by atoms with E-state index >= 15 is 0 Å². The molecule has 4 atom stereocenters. The normalized spacial score (nSPS) is 23.8. The van der Waals surface area contributed by atoms with Crippen molar-refractivity contribution in [3.05, 3.63) is 29.8 Å². The zero-order valence-corrected chi connectivity index (χ0v) is 14.1. The minimum Gasteiger partial charge on any atom is -0.392 e. The van der Waals surface area contributed by atoms with Crippen LogP contribution < -0.4 is 0 Å². The first-order valence-electron chi connectivity index (χ1n) is 8.25. The Bertz CT molecular complexity index is 455. The van der Waals surface area contributed by atoms with Crippen molar-refractivity contribution in [2.45, 2.75) is 63.4 Å². The number of aryl methyl sites for hydroxylation is 1. The first-order chi connectivity index (χ1) is 10.1. The van der Waals surface area contributed by atoms with Crippen LogP contribution in [-0.4, -0.2) is 21.2 Å². The van der Waals surface area contributed by atoms with Crippen LogP contribution in [0.5, 0.6) is 0 Å². The zero-order valence-electron chi connectivity index (χ0n) is 13.3. The molecule has 0 bridgehead atoms. The molecule has 118 valence electrons. The maximum Gasteiger partial charge on any atom is 0.0689 e. The molecule has 21 heavy (non-hydrogen) atoms. The molecular weight excluding hydrogens is 280 g/mol. The molecule has 0 aliphatic heterocycles. The van der Waals surface area contributed by atoms with Crippen molar-refractivity contribution in [3.8, 4) is 0 Å². The molecule has 1 fully saturated rings. The average Bonchev–Trinajstić information content (AvgIpc) is 3.24. The van der Waals surface area contributed by atoms with Gasteiger partial charge in [-0.05, 0) is 37.3 Å². The molecule has 0 heterocycles. The summed E-state index contributed by atoms with van der Waals surface area (Å²) in [7, 11) is -1.08. The van der Waals surface area contributed by atoms with Gasteiger partial charge in [0.2, 0.25) is 0 Å². The molecule has 1 aromatic rings. The van der Waals surface area contributed by atoms with Crippen LogP contribution in [0.4, 0.5) is 0 Å².